The molecular formula is C28H31F16NO5. The van der Waals surface area contributed by atoms with Gasteiger partial charge in [0.2, 0.25) is 0 Å². The highest BCUT2D eigenvalue weighted by Crippen LogP contribution is 2.61. The number of nitrogens with one attached hydrogen (secondary N) is 1. The van der Waals surface area contributed by atoms with Crippen molar-refractivity contribution in [2.24, 2.45) is 5.92 Å². The summed E-state index contributed by atoms with van der Waals surface area (Å²) in [7, 11) is 0.337. The second-order valence-corrected chi connectivity index (χ2v) is 12.1. The van der Waals surface area contributed by atoms with E-state index < -0.39 is 102 Å². The summed E-state index contributed by atoms with van der Waals surface area (Å²) in [5, 5.41) is 1.91. The Labute approximate surface area is 273 Å². The minimum absolute atomic E-state index is 0.337. The van der Waals surface area contributed by atoms with E-state index in [4.69, 9.17) is 9.47 Å². The zero-order valence-corrected chi connectivity index (χ0v) is 26.6. The summed E-state index contributed by atoms with van der Waals surface area (Å²) in [5.74, 6) is -42.5. The van der Waals surface area contributed by atoms with Crippen LogP contribution in [0.3, 0.4) is 0 Å². The predicted octanol–water partition coefficient (Wildman–Crippen LogP) is 9.07. The van der Waals surface area contributed by atoms with Gasteiger partial charge in [0, 0.05) is 19.1 Å². The van der Waals surface area contributed by atoms with Gasteiger partial charge in [0.25, 0.3) is 5.60 Å². The molecule has 0 saturated carbocycles. The van der Waals surface area contributed by atoms with Crippen LogP contribution in [0.4, 0.5) is 75.0 Å². The van der Waals surface area contributed by atoms with E-state index in [1.807, 2.05) is 5.32 Å². The average molecular weight is 766 g/mol. The van der Waals surface area contributed by atoms with Gasteiger partial charge < -0.3 is 19.5 Å². The SMILES string of the molecule is CO[C@](C(=O)O[C@H](CCC(F)(F)C(F)(F)C(F)(F)C(F)(F)C(F)(F)C(F)(F)F)[C@@H](NC(=O)OC(C)(C)C)C(C)C)(c1ccccc1)C(F)(F)F. The fourth-order valence-electron chi connectivity index (χ4n) is 4.33. The zero-order chi connectivity index (χ0) is 39.7. The minimum atomic E-state index is -8.20. The maximum absolute atomic E-state index is 14.8. The molecule has 3 atom stereocenters. The Bertz CT molecular complexity index is 1310. The third-order valence-corrected chi connectivity index (χ3v) is 6.97. The Morgan fingerprint density at radius 1 is 0.700 bits per heavy atom. The summed E-state index contributed by atoms with van der Waals surface area (Å²) in [6.07, 6.45) is -22.6. The van der Waals surface area contributed by atoms with Crippen LogP contribution in [-0.2, 0) is 24.6 Å². The van der Waals surface area contributed by atoms with Crippen LogP contribution in [-0.4, -0.2) is 78.9 Å². The summed E-state index contributed by atoms with van der Waals surface area (Å²) >= 11 is 0. The summed E-state index contributed by atoms with van der Waals surface area (Å²) < 4.78 is 235. The molecule has 0 saturated heterocycles. The molecule has 0 aliphatic rings. The number of ether oxygens (including phenoxy) is 3. The smallest absolute Gasteiger partial charge is 0.458 e. The van der Waals surface area contributed by atoms with Gasteiger partial charge in [-0.2, -0.15) is 70.2 Å². The fourth-order valence-corrected chi connectivity index (χ4v) is 4.33. The number of rotatable bonds is 14. The number of carbonyl (C=O) groups is 2. The highest BCUT2D eigenvalue weighted by molar-refractivity contribution is 5.83. The van der Waals surface area contributed by atoms with E-state index >= 15 is 0 Å². The Kier molecular flexibility index (Phi) is 12.9. The molecule has 290 valence electrons. The van der Waals surface area contributed by atoms with Crippen LogP contribution >= 0.6 is 0 Å². The van der Waals surface area contributed by atoms with Crippen LogP contribution in [0.25, 0.3) is 0 Å². The van der Waals surface area contributed by atoms with Crippen LogP contribution in [0.15, 0.2) is 30.3 Å². The molecule has 0 fully saturated rings. The van der Waals surface area contributed by atoms with E-state index in [0.29, 0.717) is 19.2 Å². The highest BCUT2D eigenvalue weighted by atomic mass is 19.4. The van der Waals surface area contributed by atoms with Crippen molar-refractivity contribution >= 4 is 12.1 Å². The molecule has 1 N–H and O–H groups in total. The molecule has 0 heterocycles. The zero-order valence-electron chi connectivity index (χ0n) is 26.6. The molecule has 0 aliphatic heterocycles. The monoisotopic (exact) mass is 765 g/mol. The van der Waals surface area contributed by atoms with E-state index in [2.05, 4.69) is 4.74 Å². The van der Waals surface area contributed by atoms with Crippen molar-refractivity contribution in [3.63, 3.8) is 0 Å². The van der Waals surface area contributed by atoms with Crippen molar-refractivity contribution in [3.05, 3.63) is 35.9 Å². The molecule has 0 radical (unpaired) electrons. The van der Waals surface area contributed by atoms with Crippen LogP contribution < -0.4 is 5.32 Å². The Morgan fingerprint density at radius 2 is 1.16 bits per heavy atom. The molecule has 1 rings (SSSR count). The number of alkyl halides is 16. The van der Waals surface area contributed by atoms with Gasteiger partial charge in [-0.3, -0.25) is 0 Å². The summed E-state index contributed by atoms with van der Waals surface area (Å²) in [6, 6.07) is 2.44. The summed E-state index contributed by atoms with van der Waals surface area (Å²) in [4.78, 5) is 25.7. The number of amides is 1. The van der Waals surface area contributed by atoms with Gasteiger partial charge in [-0.15, -0.1) is 0 Å². The first-order valence-electron chi connectivity index (χ1n) is 13.9. The lowest BCUT2D eigenvalue weighted by atomic mass is 9.88. The first-order valence-corrected chi connectivity index (χ1v) is 13.9. The second-order valence-electron chi connectivity index (χ2n) is 12.1. The third-order valence-electron chi connectivity index (χ3n) is 6.97. The van der Waals surface area contributed by atoms with Crippen molar-refractivity contribution in [2.75, 3.05) is 7.11 Å². The molecule has 0 unspecified atom stereocenters. The molecule has 1 aromatic carbocycles. The number of esters is 1. The molecule has 1 aromatic rings. The van der Waals surface area contributed by atoms with Gasteiger partial charge in [-0.1, -0.05) is 44.2 Å². The maximum Gasteiger partial charge on any atom is 0.460 e. The number of methoxy groups -OCH3 is 1. The molecule has 6 nitrogen and oxygen atoms in total. The Balaban J connectivity index is 3.80. The fraction of sp³-hybridized carbons (Fsp3) is 0.714. The summed E-state index contributed by atoms with van der Waals surface area (Å²) in [5.41, 5.74) is -6.47. The van der Waals surface area contributed by atoms with Crippen LogP contribution in [0.2, 0.25) is 0 Å². The van der Waals surface area contributed by atoms with Gasteiger partial charge in [0.05, 0.1) is 6.04 Å². The van der Waals surface area contributed by atoms with E-state index in [9.17, 15) is 79.8 Å². The first-order chi connectivity index (χ1) is 22.1. The third kappa shape index (κ3) is 8.46. The molecular weight excluding hydrogens is 734 g/mol. The minimum Gasteiger partial charge on any atom is -0.458 e. The van der Waals surface area contributed by atoms with Gasteiger partial charge in [0.15, 0.2) is 0 Å². The number of halogens is 16. The second kappa shape index (κ2) is 14.4. The largest absolute Gasteiger partial charge is 0.460 e. The van der Waals surface area contributed by atoms with Gasteiger partial charge in [-0.05, 0) is 33.1 Å². The standard InChI is InChI=1S/C28H31F16NO5/c1-14(2)17(45-19(47)50-20(3,4)5)16(49-18(46)22(48-6,27(39,40)41)15-10-8-7-9-11-15)12-13-21(29,30)23(31,32)24(33,34)25(35,36)26(37,38)28(42,43)44/h7-11,14,16-17H,12-13H2,1-6H3,(H,45,47)/t16-,17+,22+/m1/s1. The quantitative estimate of drug-likeness (QED) is 0.151. The first kappa shape index (κ1) is 44.8. The molecule has 1 amide bonds. The predicted molar refractivity (Wildman–Crippen MR) is 139 cm³/mol. The molecule has 0 spiro atoms. The van der Waals surface area contributed by atoms with Crippen molar-refractivity contribution in [1.82, 2.24) is 5.32 Å². The normalized spacial score (nSPS) is 16.8. The lowest BCUT2D eigenvalue weighted by Crippen LogP contribution is -2.70. The molecule has 50 heavy (non-hydrogen) atoms. The van der Waals surface area contributed by atoms with E-state index in [1.165, 1.54) is 26.8 Å². The lowest BCUT2D eigenvalue weighted by molar-refractivity contribution is -0.440. The van der Waals surface area contributed by atoms with Crippen LogP contribution in [0.5, 0.6) is 0 Å². The van der Waals surface area contributed by atoms with E-state index in [-0.39, 0.29) is 0 Å². The molecule has 0 aromatic heterocycles. The van der Waals surface area contributed by atoms with E-state index in [0.717, 1.165) is 26.0 Å². The average Bonchev–Trinajstić information content (AvgIpc) is 2.92. The Hall–Kier alpha value is -3.20. The maximum atomic E-state index is 14.8. The number of carbonyl (C=O) groups excluding carboxylic acids is 2. The van der Waals surface area contributed by atoms with Gasteiger partial charge in [0.1, 0.15) is 11.7 Å². The van der Waals surface area contributed by atoms with E-state index in [1.54, 1.807) is 0 Å². The van der Waals surface area contributed by atoms with Gasteiger partial charge >= 0.3 is 54.0 Å². The van der Waals surface area contributed by atoms with Crippen molar-refractivity contribution in [3.8, 4) is 0 Å². The van der Waals surface area contributed by atoms with Crippen molar-refractivity contribution < 1.29 is 94.0 Å². The molecule has 22 heteroatoms. The van der Waals surface area contributed by atoms with Crippen LogP contribution in [0.1, 0.15) is 53.0 Å². The number of hydrogen-bond donors (Lipinski definition) is 1. The van der Waals surface area contributed by atoms with Crippen LogP contribution in [0, 0.1) is 5.92 Å². The lowest BCUT2D eigenvalue weighted by Gasteiger charge is -2.40. The molecule has 0 aliphatic carbocycles. The number of alkyl carbamates (subject to hydrolysis) is 1. The Morgan fingerprint density at radius 3 is 1.54 bits per heavy atom. The topological polar surface area (TPSA) is 73.9 Å². The van der Waals surface area contributed by atoms with Crippen molar-refractivity contribution in [2.45, 2.75) is 113 Å². The summed E-state index contributed by atoms with van der Waals surface area (Å²) in [6.45, 7) is 6.00. The van der Waals surface area contributed by atoms with Gasteiger partial charge in [-0.25, -0.2) is 9.59 Å². The number of benzene rings is 1. The number of hydrogen-bond acceptors (Lipinski definition) is 5. The highest BCUT2D eigenvalue weighted by Gasteiger charge is 2.90. The molecule has 0 bridgehead atoms. The van der Waals surface area contributed by atoms with Crippen molar-refractivity contribution in [1.29, 1.82) is 0 Å².